The normalized spacial score (nSPS) is 17.5. The SMILES string of the molecule is CC(C)c1nc(C2(NCc3nnc(C(C)C)o3)CCCC2)no1. The maximum absolute atomic E-state index is 5.68. The maximum Gasteiger partial charge on any atom is 0.230 e. The molecule has 2 aromatic rings. The van der Waals surface area contributed by atoms with E-state index in [0.29, 0.717) is 24.2 Å². The molecular formula is C16H25N5O2. The third-order valence-electron chi connectivity index (χ3n) is 4.38. The summed E-state index contributed by atoms with van der Waals surface area (Å²) in [5, 5.41) is 16.0. The van der Waals surface area contributed by atoms with E-state index in [2.05, 4.69) is 39.5 Å². The van der Waals surface area contributed by atoms with Crippen LogP contribution in [-0.2, 0) is 12.1 Å². The Balaban J connectivity index is 1.75. The summed E-state index contributed by atoms with van der Waals surface area (Å²) in [4.78, 5) is 4.60. The van der Waals surface area contributed by atoms with Gasteiger partial charge in [0.1, 0.15) is 0 Å². The largest absolute Gasteiger partial charge is 0.424 e. The molecule has 0 aliphatic heterocycles. The molecule has 2 aromatic heterocycles. The van der Waals surface area contributed by atoms with Crippen LogP contribution in [0, 0.1) is 0 Å². The molecule has 1 N–H and O–H groups in total. The van der Waals surface area contributed by atoms with Crippen molar-refractivity contribution in [2.24, 2.45) is 0 Å². The molecular weight excluding hydrogens is 294 g/mol. The predicted molar refractivity (Wildman–Crippen MR) is 83.8 cm³/mol. The van der Waals surface area contributed by atoms with Gasteiger partial charge in [0.25, 0.3) is 0 Å². The topological polar surface area (TPSA) is 89.9 Å². The molecule has 3 rings (SSSR count). The van der Waals surface area contributed by atoms with Crippen molar-refractivity contribution in [1.82, 2.24) is 25.7 Å². The summed E-state index contributed by atoms with van der Waals surface area (Å²) in [5.74, 6) is 3.19. The lowest BCUT2D eigenvalue weighted by Crippen LogP contribution is -2.40. The number of nitrogens with one attached hydrogen (secondary N) is 1. The third kappa shape index (κ3) is 3.29. The van der Waals surface area contributed by atoms with Crippen LogP contribution in [0.25, 0.3) is 0 Å². The molecule has 1 fully saturated rings. The Labute approximate surface area is 136 Å². The first-order valence-corrected chi connectivity index (χ1v) is 8.41. The van der Waals surface area contributed by atoms with Gasteiger partial charge in [-0.25, -0.2) is 0 Å². The number of hydrogen-bond donors (Lipinski definition) is 1. The quantitative estimate of drug-likeness (QED) is 0.874. The smallest absolute Gasteiger partial charge is 0.230 e. The van der Waals surface area contributed by atoms with Crippen LogP contribution >= 0.6 is 0 Å². The molecule has 0 saturated heterocycles. The van der Waals surface area contributed by atoms with Gasteiger partial charge < -0.3 is 8.94 Å². The van der Waals surface area contributed by atoms with Gasteiger partial charge >= 0.3 is 0 Å². The molecule has 23 heavy (non-hydrogen) atoms. The molecule has 0 aromatic carbocycles. The monoisotopic (exact) mass is 319 g/mol. The van der Waals surface area contributed by atoms with Gasteiger partial charge in [-0.2, -0.15) is 4.98 Å². The molecule has 0 bridgehead atoms. The molecule has 1 aliphatic carbocycles. The van der Waals surface area contributed by atoms with Crippen LogP contribution in [0.2, 0.25) is 0 Å². The van der Waals surface area contributed by atoms with Crippen LogP contribution in [-0.4, -0.2) is 20.3 Å². The first kappa shape index (κ1) is 16.1. The second-order valence-electron chi connectivity index (χ2n) is 6.94. The predicted octanol–water partition coefficient (Wildman–Crippen LogP) is 3.26. The van der Waals surface area contributed by atoms with Gasteiger partial charge in [-0.1, -0.05) is 45.7 Å². The van der Waals surface area contributed by atoms with Crippen molar-refractivity contribution < 1.29 is 8.94 Å². The Kier molecular flexibility index (Phi) is 4.48. The zero-order valence-corrected chi connectivity index (χ0v) is 14.3. The highest BCUT2D eigenvalue weighted by Crippen LogP contribution is 2.38. The van der Waals surface area contributed by atoms with Gasteiger partial charge in [0, 0.05) is 11.8 Å². The van der Waals surface area contributed by atoms with Crippen LogP contribution < -0.4 is 5.32 Å². The Morgan fingerprint density at radius 3 is 2.30 bits per heavy atom. The summed E-state index contributed by atoms with van der Waals surface area (Å²) < 4.78 is 11.1. The number of hydrogen-bond acceptors (Lipinski definition) is 7. The van der Waals surface area contributed by atoms with Crippen molar-refractivity contribution in [1.29, 1.82) is 0 Å². The van der Waals surface area contributed by atoms with Crippen molar-refractivity contribution in [3.63, 3.8) is 0 Å². The molecule has 0 amide bonds. The van der Waals surface area contributed by atoms with Gasteiger partial charge in [-0.05, 0) is 12.8 Å². The number of aromatic nitrogens is 4. The molecule has 0 radical (unpaired) electrons. The van der Waals surface area contributed by atoms with E-state index < -0.39 is 0 Å². The first-order chi connectivity index (χ1) is 11.0. The van der Waals surface area contributed by atoms with E-state index >= 15 is 0 Å². The summed E-state index contributed by atoms with van der Waals surface area (Å²) in [6.45, 7) is 8.70. The van der Waals surface area contributed by atoms with Gasteiger partial charge in [0.05, 0.1) is 12.1 Å². The van der Waals surface area contributed by atoms with E-state index in [4.69, 9.17) is 8.94 Å². The van der Waals surface area contributed by atoms with Gasteiger partial charge in [-0.15, -0.1) is 10.2 Å². The second kappa shape index (κ2) is 6.39. The zero-order chi connectivity index (χ0) is 16.4. The average molecular weight is 319 g/mol. The third-order valence-corrected chi connectivity index (χ3v) is 4.38. The summed E-state index contributed by atoms with van der Waals surface area (Å²) in [6, 6.07) is 0. The number of rotatable bonds is 6. The van der Waals surface area contributed by atoms with Gasteiger partial charge in [0.2, 0.25) is 17.7 Å². The van der Waals surface area contributed by atoms with Crippen LogP contribution in [0.1, 0.15) is 88.7 Å². The summed E-state index contributed by atoms with van der Waals surface area (Å²) in [5.41, 5.74) is -0.247. The molecule has 1 aliphatic rings. The van der Waals surface area contributed by atoms with E-state index in [1.807, 2.05) is 13.8 Å². The molecule has 0 unspecified atom stereocenters. The highest BCUT2D eigenvalue weighted by molar-refractivity contribution is 5.09. The molecule has 7 heteroatoms. The van der Waals surface area contributed by atoms with Crippen molar-refractivity contribution in [3.8, 4) is 0 Å². The Bertz CT molecular complexity index is 640. The minimum Gasteiger partial charge on any atom is -0.424 e. The fraction of sp³-hybridized carbons (Fsp3) is 0.750. The molecule has 126 valence electrons. The molecule has 2 heterocycles. The van der Waals surface area contributed by atoms with Crippen molar-refractivity contribution >= 4 is 0 Å². The van der Waals surface area contributed by atoms with Gasteiger partial charge in [0.15, 0.2) is 5.82 Å². The number of nitrogens with zero attached hydrogens (tertiary/aromatic N) is 4. The molecule has 0 spiro atoms. The second-order valence-corrected chi connectivity index (χ2v) is 6.94. The van der Waals surface area contributed by atoms with E-state index in [1.54, 1.807) is 0 Å². The van der Waals surface area contributed by atoms with Crippen molar-refractivity contribution in [2.75, 3.05) is 0 Å². The summed E-state index contributed by atoms with van der Waals surface area (Å²) in [7, 11) is 0. The fourth-order valence-electron chi connectivity index (χ4n) is 2.94. The highest BCUT2D eigenvalue weighted by atomic mass is 16.5. The molecule has 7 nitrogen and oxygen atoms in total. The lowest BCUT2D eigenvalue weighted by Gasteiger charge is -2.26. The Hall–Kier alpha value is -1.76. The first-order valence-electron chi connectivity index (χ1n) is 8.41. The summed E-state index contributed by atoms with van der Waals surface area (Å²) >= 11 is 0. The minimum atomic E-state index is -0.247. The van der Waals surface area contributed by atoms with Gasteiger partial charge in [-0.3, -0.25) is 5.32 Å². The van der Waals surface area contributed by atoms with Crippen LogP contribution in [0.15, 0.2) is 8.94 Å². The fourth-order valence-corrected chi connectivity index (χ4v) is 2.94. The Morgan fingerprint density at radius 2 is 1.74 bits per heavy atom. The minimum absolute atomic E-state index is 0.235. The molecule has 1 saturated carbocycles. The van der Waals surface area contributed by atoms with E-state index in [0.717, 1.165) is 31.5 Å². The van der Waals surface area contributed by atoms with Crippen LogP contribution in [0.4, 0.5) is 0 Å². The average Bonchev–Trinajstić information content (AvgIpc) is 3.25. The standard InChI is InChI=1S/C16H25N5O2/c1-10(2)13-18-15(21-23-13)16(7-5-6-8-16)17-9-12-19-20-14(22-12)11(3)4/h10-11,17H,5-9H2,1-4H3. The van der Waals surface area contributed by atoms with Crippen molar-refractivity contribution in [3.05, 3.63) is 23.5 Å². The van der Waals surface area contributed by atoms with Crippen LogP contribution in [0.5, 0.6) is 0 Å². The van der Waals surface area contributed by atoms with Crippen molar-refractivity contribution in [2.45, 2.75) is 77.3 Å². The lowest BCUT2D eigenvalue weighted by molar-refractivity contribution is 0.280. The van der Waals surface area contributed by atoms with E-state index in [-0.39, 0.29) is 17.4 Å². The maximum atomic E-state index is 5.68. The zero-order valence-electron chi connectivity index (χ0n) is 14.3. The lowest BCUT2D eigenvalue weighted by atomic mass is 9.96. The summed E-state index contributed by atoms with van der Waals surface area (Å²) in [6.07, 6.45) is 4.30. The van der Waals surface area contributed by atoms with E-state index in [9.17, 15) is 0 Å². The van der Waals surface area contributed by atoms with E-state index in [1.165, 1.54) is 0 Å². The highest BCUT2D eigenvalue weighted by Gasteiger charge is 2.40. The van der Waals surface area contributed by atoms with Crippen LogP contribution in [0.3, 0.4) is 0 Å². The Morgan fingerprint density at radius 1 is 1.04 bits per heavy atom. The molecule has 0 atom stereocenters.